The third kappa shape index (κ3) is 3.93. The number of nitrogens with zero attached hydrogens (tertiary/aromatic N) is 2. The van der Waals surface area contributed by atoms with Crippen molar-refractivity contribution in [3.05, 3.63) is 11.7 Å². The lowest BCUT2D eigenvalue weighted by atomic mass is 9.99. The van der Waals surface area contributed by atoms with Crippen molar-refractivity contribution in [2.75, 3.05) is 0 Å². The predicted molar refractivity (Wildman–Crippen MR) is 64.2 cm³/mol. The van der Waals surface area contributed by atoms with Crippen LogP contribution in [0.1, 0.15) is 64.1 Å². The number of aromatic nitrogens is 2. The van der Waals surface area contributed by atoms with Crippen molar-refractivity contribution in [3.8, 4) is 0 Å². The second-order valence-electron chi connectivity index (χ2n) is 4.48. The monoisotopic (exact) mass is 225 g/mol. The van der Waals surface area contributed by atoms with Crippen molar-refractivity contribution >= 4 is 0 Å². The number of hydrogen-bond acceptors (Lipinski definition) is 4. The van der Waals surface area contributed by atoms with Crippen molar-refractivity contribution in [2.45, 2.75) is 64.8 Å². The first-order chi connectivity index (χ1) is 7.67. The molecule has 0 aliphatic rings. The van der Waals surface area contributed by atoms with Crippen LogP contribution in [0, 0.1) is 0 Å². The summed E-state index contributed by atoms with van der Waals surface area (Å²) in [6, 6.07) is 0.0844. The summed E-state index contributed by atoms with van der Waals surface area (Å²) in [7, 11) is 0. The fourth-order valence-electron chi connectivity index (χ4n) is 1.76. The Bertz CT molecular complexity index is 296. The van der Waals surface area contributed by atoms with Crippen LogP contribution in [-0.2, 0) is 6.42 Å². The summed E-state index contributed by atoms with van der Waals surface area (Å²) in [5.41, 5.74) is 5.70. The molecule has 1 rings (SSSR count). The van der Waals surface area contributed by atoms with Gasteiger partial charge in [0.05, 0.1) is 0 Å². The molecule has 1 aromatic rings. The van der Waals surface area contributed by atoms with Crippen molar-refractivity contribution in [3.63, 3.8) is 0 Å². The van der Waals surface area contributed by atoms with Crippen LogP contribution in [0.15, 0.2) is 4.52 Å². The van der Waals surface area contributed by atoms with E-state index in [-0.39, 0.29) is 6.04 Å². The molecular weight excluding hydrogens is 202 g/mol. The Hall–Kier alpha value is -0.900. The normalized spacial score (nSPS) is 15.0. The lowest BCUT2D eigenvalue weighted by Gasteiger charge is -2.08. The van der Waals surface area contributed by atoms with E-state index in [9.17, 15) is 0 Å². The van der Waals surface area contributed by atoms with E-state index < -0.39 is 0 Å². The van der Waals surface area contributed by atoms with Gasteiger partial charge in [-0.25, -0.2) is 0 Å². The van der Waals surface area contributed by atoms with Crippen LogP contribution in [0.2, 0.25) is 0 Å². The van der Waals surface area contributed by atoms with E-state index in [1.54, 1.807) is 0 Å². The summed E-state index contributed by atoms with van der Waals surface area (Å²) in [5, 5.41) is 3.97. The van der Waals surface area contributed by atoms with E-state index in [4.69, 9.17) is 10.3 Å². The van der Waals surface area contributed by atoms with Crippen LogP contribution in [0.3, 0.4) is 0 Å². The number of hydrogen-bond donors (Lipinski definition) is 1. The number of unbranched alkanes of at least 4 members (excludes halogenated alkanes) is 1. The average Bonchev–Trinajstić information content (AvgIpc) is 2.67. The van der Waals surface area contributed by atoms with Gasteiger partial charge in [-0.2, -0.15) is 4.98 Å². The maximum atomic E-state index is 5.70. The molecule has 16 heavy (non-hydrogen) atoms. The fraction of sp³-hybridized carbons (Fsp3) is 0.833. The van der Waals surface area contributed by atoms with E-state index in [0.29, 0.717) is 12.3 Å². The van der Waals surface area contributed by atoms with E-state index in [1.165, 1.54) is 12.8 Å². The largest absolute Gasteiger partial charge is 0.339 e. The van der Waals surface area contributed by atoms with Crippen LogP contribution < -0.4 is 5.73 Å². The first kappa shape index (κ1) is 13.2. The molecule has 92 valence electrons. The molecular formula is C12H23N3O. The summed E-state index contributed by atoms with van der Waals surface area (Å²) in [6.45, 7) is 6.31. The SMILES string of the molecule is CCCCC(CC)c1nc(CC(C)N)no1. The van der Waals surface area contributed by atoms with Crippen molar-refractivity contribution < 1.29 is 4.52 Å². The Labute approximate surface area is 97.6 Å². The van der Waals surface area contributed by atoms with Gasteiger partial charge < -0.3 is 10.3 Å². The molecule has 0 amide bonds. The molecule has 1 heterocycles. The lowest BCUT2D eigenvalue weighted by Crippen LogP contribution is -2.18. The second kappa shape index (κ2) is 6.63. The second-order valence-corrected chi connectivity index (χ2v) is 4.48. The molecule has 0 radical (unpaired) electrons. The lowest BCUT2D eigenvalue weighted by molar-refractivity contribution is 0.336. The Morgan fingerprint density at radius 3 is 2.69 bits per heavy atom. The van der Waals surface area contributed by atoms with Gasteiger partial charge in [0.25, 0.3) is 0 Å². The Balaban J connectivity index is 2.59. The van der Waals surface area contributed by atoms with Gasteiger partial charge in [0.1, 0.15) is 0 Å². The van der Waals surface area contributed by atoms with E-state index in [1.807, 2.05) is 6.92 Å². The summed E-state index contributed by atoms with van der Waals surface area (Å²) < 4.78 is 5.30. The minimum absolute atomic E-state index is 0.0844. The maximum Gasteiger partial charge on any atom is 0.229 e. The van der Waals surface area contributed by atoms with Crippen molar-refractivity contribution in [2.24, 2.45) is 5.73 Å². The van der Waals surface area contributed by atoms with Crippen LogP contribution in [-0.4, -0.2) is 16.2 Å². The molecule has 2 unspecified atom stereocenters. The quantitative estimate of drug-likeness (QED) is 0.774. The minimum Gasteiger partial charge on any atom is -0.339 e. The van der Waals surface area contributed by atoms with Gasteiger partial charge in [0, 0.05) is 18.4 Å². The first-order valence-corrected chi connectivity index (χ1v) is 6.25. The van der Waals surface area contributed by atoms with Crippen LogP contribution in [0.25, 0.3) is 0 Å². The standard InChI is InChI=1S/C12H23N3O/c1-4-6-7-10(5-2)12-14-11(15-16-12)8-9(3)13/h9-10H,4-8,13H2,1-3H3. The Kier molecular flexibility index (Phi) is 5.46. The summed E-state index contributed by atoms with van der Waals surface area (Å²) in [5.74, 6) is 1.93. The van der Waals surface area contributed by atoms with Gasteiger partial charge in [-0.05, 0) is 19.8 Å². The summed E-state index contributed by atoms with van der Waals surface area (Å²) in [4.78, 5) is 4.42. The molecule has 0 aliphatic heterocycles. The molecule has 0 saturated heterocycles. The maximum absolute atomic E-state index is 5.70. The zero-order valence-electron chi connectivity index (χ0n) is 10.6. The highest BCUT2D eigenvalue weighted by molar-refractivity contribution is 4.94. The van der Waals surface area contributed by atoms with Crippen molar-refractivity contribution in [1.82, 2.24) is 10.1 Å². The molecule has 0 fully saturated rings. The zero-order valence-corrected chi connectivity index (χ0v) is 10.6. The number of rotatable bonds is 7. The minimum atomic E-state index is 0.0844. The van der Waals surface area contributed by atoms with E-state index in [2.05, 4.69) is 24.0 Å². The molecule has 0 spiro atoms. The first-order valence-electron chi connectivity index (χ1n) is 6.25. The van der Waals surface area contributed by atoms with Crippen LogP contribution in [0.4, 0.5) is 0 Å². The van der Waals surface area contributed by atoms with Gasteiger partial charge in [0.2, 0.25) is 5.89 Å². The molecule has 2 atom stereocenters. The highest BCUT2D eigenvalue weighted by atomic mass is 16.5. The third-order valence-electron chi connectivity index (χ3n) is 2.74. The molecule has 2 N–H and O–H groups in total. The number of nitrogens with two attached hydrogens (primary N) is 1. The smallest absolute Gasteiger partial charge is 0.229 e. The van der Waals surface area contributed by atoms with Gasteiger partial charge >= 0.3 is 0 Å². The van der Waals surface area contributed by atoms with Crippen LogP contribution in [0.5, 0.6) is 0 Å². The van der Waals surface area contributed by atoms with Crippen LogP contribution >= 0.6 is 0 Å². The fourth-order valence-corrected chi connectivity index (χ4v) is 1.76. The van der Waals surface area contributed by atoms with E-state index in [0.717, 1.165) is 24.6 Å². The summed E-state index contributed by atoms with van der Waals surface area (Å²) >= 11 is 0. The average molecular weight is 225 g/mol. The molecule has 0 saturated carbocycles. The highest BCUT2D eigenvalue weighted by Crippen LogP contribution is 2.23. The topological polar surface area (TPSA) is 64.9 Å². The molecule has 0 aromatic carbocycles. The zero-order chi connectivity index (χ0) is 12.0. The van der Waals surface area contributed by atoms with Gasteiger partial charge in [-0.3, -0.25) is 0 Å². The molecule has 0 bridgehead atoms. The predicted octanol–water partition coefficient (Wildman–Crippen LogP) is 2.64. The third-order valence-corrected chi connectivity index (χ3v) is 2.74. The van der Waals surface area contributed by atoms with Gasteiger partial charge in [-0.1, -0.05) is 31.8 Å². The molecule has 4 heteroatoms. The highest BCUT2D eigenvalue weighted by Gasteiger charge is 2.17. The van der Waals surface area contributed by atoms with Gasteiger partial charge in [0.15, 0.2) is 5.82 Å². The molecule has 0 aliphatic carbocycles. The van der Waals surface area contributed by atoms with E-state index >= 15 is 0 Å². The Morgan fingerprint density at radius 2 is 2.12 bits per heavy atom. The Morgan fingerprint density at radius 1 is 1.38 bits per heavy atom. The summed E-state index contributed by atoms with van der Waals surface area (Å²) in [6.07, 6.45) is 5.29. The van der Waals surface area contributed by atoms with Crippen molar-refractivity contribution in [1.29, 1.82) is 0 Å². The molecule has 4 nitrogen and oxygen atoms in total. The molecule has 1 aromatic heterocycles. The van der Waals surface area contributed by atoms with Gasteiger partial charge in [-0.15, -0.1) is 0 Å².